The minimum atomic E-state index is -0.458. The normalized spacial score (nSPS) is 22.0. The number of piperidine rings is 1. The van der Waals surface area contributed by atoms with Gasteiger partial charge in [-0.1, -0.05) is 22.0 Å². The molecule has 2 rings (SSSR count). The van der Waals surface area contributed by atoms with E-state index in [1.807, 2.05) is 12.1 Å². The zero-order valence-corrected chi connectivity index (χ0v) is 12.2. The topological polar surface area (TPSA) is 43.7 Å². The second-order valence-electron chi connectivity index (χ2n) is 5.02. The monoisotopic (exact) mass is 313 g/mol. The number of benzene rings is 1. The van der Waals surface area contributed by atoms with Crippen molar-refractivity contribution in [3.63, 3.8) is 0 Å². The van der Waals surface area contributed by atoms with E-state index in [2.05, 4.69) is 26.9 Å². The lowest BCUT2D eigenvalue weighted by Crippen LogP contribution is -2.36. The van der Waals surface area contributed by atoms with Crippen molar-refractivity contribution in [3.05, 3.63) is 28.2 Å². The van der Waals surface area contributed by atoms with E-state index < -0.39 is 6.10 Å². The second kappa shape index (κ2) is 6.04. The van der Waals surface area contributed by atoms with Crippen molar-refractivity contribution >= 4 is 21.6 Å². The molecule has 1 heterocycles. The van der Waals surface area contributed by atoms with Crippen molar-refractivity contribution in [2.45, 2.75) is 25.9 Å². The Morgan fingerprint density at radius 1 is 1.50 bits per heavy atom. The third kappa shape index (κ3) is 3.05. The lowest BCUT2D eigenvalue weighted by molar-refractivity contribution is 0.198. The summed E-state index contributed by atoms with van der Waals surface area (Å²) >= 11 is 3.51. The molecule has 1 aliphatic heterocycles. The molecule has 0 aromatic heterocycles. The van der Waals surface area contributed by atoms with Crippen molar-refractivity contribution in [1.29, 1.82) is 0 Å². The fourth-order valence-corrected chi connectivity index (χ4v) is 3.20. The van der Waals surface area contributed by atoms with Crippen LogP contribution in [0.4, 0.5) is 5.69 Å². The molecule has 1 aliphatic rings. The first-order valence-corrected chi connectivity index (χ1v) is 7.24. The highest BCUT2D eigenvalue weighted by atomic mass is 79.9. The van der Waals surface area contributed by atoms with Gasteiger partial charge in [-0.2, -0.15) is 0 Å². The predicted molar refractivity (Wildman–Crippen MR) is 76.8 cm³/mol. The van der Waals surface area contributed by atoms with E-state index in [4.69, 9.17) is 0 Å². The lowest BCUT2D eigenvalue weighted by atomic mass is 9.98. The summed E-state index contributed by atoms with van der Waals surface area (Å²) in [7, 11) is 0. The van der Waals surface area contributed by atoms with Crippen LogP contribution in [0.25, 0.3) is 0 Å². The van der Waals surface area contributed by atoms with Gasteiger partial charge in [0, 0.05) is 29.9 Å². The van der Waals surface area contributed by atoms with Crippen molar-refractivity contribution in [2.24, 2.45) is 5.92 Å². The summed E-state index contributed by atoms with van der Waals surface area (Å²) in [5.74, 6) is 0.383. The van der Waals surface area contributed by atoms with E-state index in [1.54, 1.807) is 6.92 Å². The van der Waals surface area contributed by atoms with Crippen molar-refractivity contribution < 1.29 is 10.2 Å². The van der Waals surface area contributed by atoms with Gasteiger partial charge >= 0.3 is 0 Å². The molecule has 1 unspecified atom stereocenters. The predicted octanol–water partition coefficient (Wildman–Crippen LogP) is 2.71. The molecule has 1 aromatic rings. The zero-order valence-electron chi connectivity index (χ0n) is 10.6. The van der Waals surface area contributed by atoms with Gasteiger partial charge < -0.3 is 15.1 Å². The number of hydrogen-bond acceptors (Lipinski definition) is 3. The molecule has 0 radical (unpaired) electrons. The Bertz CT molecular complexity index is 409. The Morgan fingerprint density at radius 2 is 2.28 bits per heavy atom. The maximum Gasteiger partial charge on any atom is 0.0772 e. The van der Waals surface area contributed by atoms with E-state index in [0.717, 1.165) is 41.7 Å². The van der Waals surface area contributed by atoms with Crippen LogP contribution in [0, 0.1) is 5.92 Å². The standard InChI is InChI=1S/C14H20BrNO2/c1-10(18)13-5-4-12(7-14(13)15)16-6-2-3-11(8-16)9-17/h4-5,7,10-11,17-18H,2-3,6,8-9H2,1H3/t10-,11?/m1/s1. The first-order valence-electron chi connectivity index (χ1n) is 6.45. The Balaban J connectivity index is 2.16. The quantitative estimate of drug-likeness (QED) is 0.901. The van der Waals surface area contributed by atoms with Crippen LogP contribution < -0.4 is 4.90 Å². The number of nitrogens with zero attached hydrogens (tertiary/aromatic N) is 1. The average molecular weight is 314 g/mol. The molecule has 3 nitrogen and oxygen atoms in total. The highest BCUT2D eigenvalue weighted by molar-refractivity contribution is 9.10. The van der Waals surface area contributed by atoms with Crippen molar-refractivity contribution in [1.82, 2.24) is 0 Å². The molecule has 0 aliphatic carbocycles. The molecular formula is C14H20BrNO2. The molecule has 0 amide bonds. The maximum absolute atomic E-state index is 9.61. The van der Waals surface area contributed by atoms with Gasteiger partial charge in [-0.05, 0) is 43.4 Å². The summed E-state index contributed by atoms with van der Waals surface area (Å²) in [6.45, 7) is 3.99. The van der Waals surface area contributed by atoms with Gasteiger partial charge in [0.2, 0.25) is 0 Å². The minimum absolute atomic E-state index is 0.267. The maximum atomic E-state index is 9.61. The van der Waals surface area contributed by atoms with Crippen LogP contribution >= 0.6 is 15.9 Å². The third-order valence-electron chi connectivity index (χ3n) is 3.58. The van der Waals surface area contributed by atoms with E-state index in [9.17, 15) is 10.2 Å². The first kappa shape index (κ1) is 13.8. The van der Waals surface area contributed by atoms with Crippen LogP contribution in [-0.2, 0) is 0 Å². The zero-order chi connectivity index (χ0) is 13.1. The Hall–Kier alpha value is -0.580. The van der Waals surface area contributed by atoms with Gasteiger partial charge in [0.1, 0.15) is 0 Å². The molecule has 1 fully saturated rings. The molecular weight excluding hydrogens is 294 g/mol. The largest absolute Gasteiger partial charge is 0.396 e. The molecule has 4 heteroatoms. The van der Waals surface area contributed by atoms with Crippen LogP contribution in [0.15, 0.2) is 22.7 Å². The molecule has 0 saturated carbocycles. The average Bonchev–Trinajstić information content (AvgIpc) is 2.38. The molecule has 1 saturated heterocycles. The highest BCUT2D eigenvalue weighted by Crippen LogP contribution is 2.30. The molecule has 100 valence electrons. The Kier molecular flexibility index (Phi) is 4.65. The summed E-state index contributed by atoms with van der Waals surface area (Å²) in [6, 6.07) is 6.07. The fraction of sp³-hybridized carbons (Fsp3) is 0.571. The molecule has 1 aromatic carbocycles. The van der Waals surface area contributed by atoms with E-state index >= 15 is 0 Å². The summed E-state index contributed by atoms with van der Waals surface area (Å²) < 4.78 is 0.945. The van der Waals surface area contributed by atoms with E-state index in [-0.39, 0.29) is 6.61 Å². The van der Waals surface area contributed by atoms with Gasteiger partial charge in [-0.3, -0.25) is 0 Å². The van der Waals surface area contributed by atoms with Crippen LogP contribution in [0.1, 0.15) is 31.4 Å². The molecule has 0 spiro atoms. The number of halogens is 1. The minimum Gasteiger partial charge on any atom is -0.396 e. The molecule has 18 heavy (non-hydrogen) atoms. The number of rotatable bonds is 3. The number of aliphatic hydroxyl groups is 2. The van der Waals surface area contributed by atoms with Crippen LogP contribution in [-0.4, -0.2) is 29.9 Å². The van der Waals surface area contributed by atoms with Gasteiger partial charge in [-0.15, -0.1) is 0 Å². The van der Waals surface area contributed by atoms with Crippen molar-refractivity contribution in [2.75, 3.05) is 24.6 Å². The van der Waals surface area contributed by atoms with Crippen molar-refractivity contribution in [3.8, 4) is 0 Å². The highest BCUT2D eigenvalue weighted by Gasteiger charge is 2.20. The number of anilines is 1. The Morgan fingerprint density at radius 3 is 2.89 bits per heavy atom. The summed E-state index contributed by atoms with van der Waals surface area (Å²) in [5, 5.41) is 18.9. The van der Waals surface area contributed by atoms with E-state index in [0.29, 0.717) is 5.92 Å². The molecule has 0 bridgehead atoms. The SMILES string of the molecule is C[C@@H](O)c1ccc(N2CCCC(CO)C2)cc1Br. The van der Waals surface area contributed by atoms with Crippen LogP contribution in [0.5, 0.6) is 0 Å². The first-order chi connectivity index (χ1) is 8.61. The van der Waals surface area contributed by atoms with Gasteiger partial charge in [0.25, 0.3) is 0 Å². The Labute approximate surface area is 117 Å². The van der Waals surface area contributed by atoms with E-state index in [1.165, 1.54) is 0 Å². The van der Waals surface area contributed by atoms with Crippen LogP contribution in [0.2, 0.25) is 0 Å². The summed E-state index contributed by atoms with van der Waals surface area (Å²) in [5.41, 5.74) is 2.07. The molecule has 2 N–H and O–H groups in total. The third-order valence-corrected chi connectivity index (χ3v) is 4.26. The fourth-order valence-electron chi connectivity index (χ4n) is 2.50. The van der Waals surface area contributed by atoms with Gasteiger partial charge in [0.15, 0.2) is 0 Å². The second-order valence-corrected chi connectivity index (χ2v) is 5.87. The summed E-state index contributed by atoms with van der Waals surface area (Å²) in [6.07, 6.45) is 1.78. The van der Waals surface area contributed by atoms with Gasteiger partial charge in [0.05, 0.1) is 6.10 Å². The molecule has 2 atom stereocenters. The van der Waals surface area contributed by atoms with Crippen LogP contribution in [0.3, 0.4) is 0 Å². The summed E-state index contributed by atoms with van der Waals surface area (Å²) in [4.78, 5) is 2.31. The lowest BCUT2D eigenvalue weighted by Gasteiger charge is -2.34. The number of aliphatic hydroxyl groups excluding tert-OH is 2. The van der Waals surface area contributed by atoms with Gasteiger partial charge in [-0.25, -0.2) is 0 Å². The smallest absolute Gasteiger partial charge is 0.0772 e. The number of hydrogen-bond donors (Lipinski definition) is 2.